The van der Waals surface area contributed by atoms with Crippen LogP contribution in [0.2, 0.25) is 0 Å². The number of aromatic nitrogens is 4. The van der Waals surface area contributed by atoms with Crippen molar-refractivity contribution in [2.24, 2.45) is 0 Å². The Hall–Kier alpha value is -8.14. The molecule has 0 bridgehead atoms. The number of carbonyl (C=O) groups is 4. The molecule has 1 amide bonds. The Morgan fingerprint density at radius 2 is 0.959 bits per heavy atom. The molecule has 8 aromatic rings. The van der Waals surface area contributed by atoms with Gasteiger partial charge in [-0.05, 0) is 97.1 Å². The summed E-state index contributed by atoms with van der Waals surface area (Å²) in [5.74, 6) is -0.206. The van der Waals surface area contributed by atoms with Gasteiger partial charge in [-0.25, -0.2) is 29.8 Å². The third kappa shape index (κ3) is 16.7. The van der Waals surface area contributed by atoms with E-state index in [-0.39, 0.29) is 17.9 Å². The molecule has 0 aliphatic rings. The van der Waals surface area contributed by atoms with E-state index < -0.39 is 5.91 Å². The minimum absolute atomic E-state index is 0.314. The predicted octanol–water partition coefficient (Wildman–Crippen LogP) is 9.37. The monoisotopic (exact) mass is 1070 g/mol. The predicted molar refractivity (Wildman–Crippen MR) is 287 cm³/mol. The van der Waals surface area contributed by atoms with Gasteiger partial charge < -0.3 is 53.5 Å². The fraction of sp³-hybridized carbons (Fsp3) is 0.222. The molecule has 0 spiro atoms. The summed E-state index contributed by atoms with van der Waals surface area (Å²) in [7, 11) is 9.04. The summed E-state index contributed by atoms with van der Waals surface area (Å²) in [6, 6.07) is 44.0. The van der Waals surface area contributed by atoms with Crippen molar-refractivity contribution in [2.45, 2.75) is 0 Å². The van der Waals surface area contributed by atoms with E-state index in [2.05, 4.69) is 50.7 Å². The van der Waals surface area contributed by atoms with Gasteiger partial charge in [0.05, 0.1) is 79.9 Å². The molecule has 20 heteroatoms. The standard InChI is InChI=1S/C18H19N3O3.C17H18N4O3.C11H15NO3.C8H7BrO2/c1-23-11-10-21(14-7-5-6-13(12-14)17(22)24-2)18-19-15-8-3-4-9-16(15)20-18;1-24-10-9-21(13-6-4-5-12(11-13)16(22)20-23)17-18-14-7-2-3-8-15(14)19-17;1-14-7-6-12-10-5-3-4-9(8-10)11(13)15-2;1-11-8(10)6-3-2-4-7(9)5-6/h3-9,12H,10-11H2,1-2H3,(H,19,20);2-8,11,23H,9-10H2,1H3,(H,18,19)(H,20,22);3-5,8,12H,6-7H2,1-2H3;2-5H,1H3. The van der Waals surface area contributed by atoms with Gasteiger partial charge in [0.1, 0.15) is 0 Å². The van der Waals surface area contributed by atoms with Crippen molar-refractivity contribution in [1.29, 1.82) is 0 Å². The summed E-state index contributed by atoms with van der Waals surface area (Å²) in [6.07, 6.45) is 0. The second-order valence-electron chi connectivity index (χ2n) is 15.5. The number of fused-ring (bicyclic) bond motifs is 2. The number of benzene rings is 6. The zero-order chi connectivity index (χ0) is 53.2. The lowest BCUT2D eigenvalue weighted by Gasteiger charge is -2.22. The topological polar surface area (TPSA) is 232 Å². The van der Waals surface area contributed by atoms with Crippen LogP contribution in [0, 0.1) is 0 Å². The van der Waals surface area contributed by atoms with Crippen molar-refractivity contribution in [3.05, 3.63) is 172 Å². The van der Waals surface area contributed by atoms with Crippen LogP contribution in [0.4, 0.5) is 29.0 Å². The summed E-state index contributed by atoms with van der Waals surface area (Å²) in [6.45, 7) is 3.51. The number of carbonyl (C=O) groups excluding carboxylic acids is 4. The first-order valence-corrected chi connectivity index (χ1v) is 23.7. The number of anilines is 5. The maximum absolute atomic E-state index is 11.8. The molecular formula is C54H59BrN8O11. The SMILES string of the molecule is COC(=O)c1cccc(Br)c1.COCCN(c1cccc(C(=O)NO)c1)c1nc2ccccc2[nH]1.COCCN(c1cccc(C(=O)OC)c1)c1nc2ccccc2[nH]1.COCCNc1cccc(C(=O)OC)c1. The Morgan fingerprint density at radius 1 is 0.527 bits per heavy atom. The zero-order valence-corrected chi connectivity index (χ0v) is 43.4. The number of aromatic amines is 2. The fourth-order valence-corrected chi connectivity index (χ4v) is 7.32. The van der Waals surface area contributed by atoms with Crippen LogP contribution in [-0.2, 0) is 28.4 Å². The molecule has 6 aromatic carbocycles. The third-order valence-electron chi connectivity index (χ3n) is 10.6. The van der Waals surface area contributed by atoms with E-state index in [1.165, 1.54) is 21.3 Å². The number of amides is 1. The summed E-state index contributed by atoms with van der Waals surface area (Å²) in [4.78, 5) is 65.3. The number of esters is 3. The molecule has 0 atom stereocenters. The normalized spacial score (nSPS) is 10.3. The zero-order valence-electron chi connectivity index (χ0n) is 41.8. The van der Waals surface area contributed by atoms with Crippen molar-refractivity contribution in [3.63, 3.8) is 0 Å². The van der Waals surface area contributed by atoms with Gasteiger partial charge in [-0.2, -0.15) is 0 Å². The van der Waals surface area contributed by atoms with Gasteiger partial charge in [0, 0.05) is 68.1 Å². The molecule has 0 fully saturated rings. The van der Waals surface area contributed by atoms with E-state index >= 15 is 0 Å². The van der Waals surface area contributed by atoms with Crippen molar-refractivity contribution in [2.75, 3.05) is 97.2 Å². The van der Waals surface area contributed by atoms with E-state index in [1.54, 1.807) is 93.5 Å². The van der Waals surface area contributed by atoms with Gasteiger partial charge in [-0.1, -0.05) is 64.5 Å². The molecule has 5 N–H and O–H groups in total. The maximum atomic E-state index is 11.8. The highest BCUT2D eigenvalue weighted by Crippen LogP contribution is 2.28. The van der Waals surface area contributed by atoms with E-state index in [0.717, 1.165) is 43.6 Å². The molecular weight excluding hydrogens is 1020 g/mol. The average molecular weight is 1080 g/mol. The number of rotatable bonds is 18. The number of H-pyrrole nitrogens is 2. The van der Waals surface area contributed by atoms with Crippen LogP contribution in [-0.4, -0.2) is 131 Å². The second-order valence-corrected chi connectivity index (χ2v) is 16.4. The van der Waals surface area contributed by atoms with Crippen LogP contribution in [0.3, 0.4) is 0 Å². The van der Waals surface area contributed by atoms with E-state index in [9.17, 15) is 19.2 Å². The highest BCUT2D eigenvalue weighted by molar-refractivity contribution is 9.10. The van der Waals surface area contributed by atoms with Gasteiger partial charge in [0.2, 0.25) is 11.9 Å². The first-order chi connectivity index (χ1) is 36.0. The van der Waals surface area contributed by atoms with E-state index in [1.807, 2.05) is 88.7 Å². The summed E-state index contributed by atoms with van der Waals surface area (Å²) in [5.41, 5.74) is 9.73. The van der Waals surface area contributed by atoms with E-state index in [4.69, 9.17) is 24.2 Å². The van der Waals surface area contributed by atoms with Gasteiger partial charge in [-0.3, -0.25) is 10.0 Å². The average Bonchev–Trinajstić information content (AvgIpc) is 4.08. The molecule has 0 aliphatic heterocycles. The highest BCUT2D eigenvalue weighted by Gasteiger charge is 2.18. The Balaban J connectivity index is 0.000000191. The molecule has 74 heavy (non-hydrogen) atoms. The lowest BCUT2D eigenvalue weighted by atomic mass is 10.2. The molecule has 0 saturated heterocycles. The molecule has 2 heterocycles. The number of hydrogen-bond acceptors (Lipinski definition) is 16. The Bertz CT molecular complexity index is 2850. The number of para-hydroxylation sites is 4. The molecule has 0 unspecified atom stereocenters. The van der Waals surface area contributed by atoms with Crippen molar-refractivity contribution < 1.29 is 52.8 Å². The smallest absolute Gasteiger partial charge is 0.337 e. The number of nitrogens with one attached hydrogen (secondary N) is 4. The van der Waals surface area contributed by atoms with Crippen molar-refractivity contribution in [1.82, 2.24) is 25.4 Å². The van der Waals surface area contributed by atoms with Crippen molar-refractivity contribution >= 4 is 90.8 Å². The van der Waals surface area contributed by atoms with Gasteiger partial charge in [0.15, 0.2) is 0 Å². The van der Waals surface area contributed by atoms with Gasteiger partial charge in [0.25, 0.3) is 5.91 Å². The number of halogens is 1. The summed E-state index contributed by atoms with van der Waals surface area (Å²) >= 11 is 3.25. The maximum Gasteiger partial charge on any atom is 0.337 e. The van der Waals surface area contributed by atoms with Crippen LogP contribution in [0.5, 0.6) is 0 Å². The molecule has 0 saturated carbocycles. The molecule has 19 nitrogen and oxygen atoms in total. The van der Waals surface area contributed by atoms with E-state index in [0.29, 0.717) is 73.6 Å². The molecule has 8 rings (SSSR count). The quantitative estimate of drug-likeness (QED) is 0.0177. The molecule has 388 valence electrons. The molecule has 0 radical (unpaired) electrons. The number of nitrogens with zero attached hydrogens (tertiary/aromatic N) is 4. The summed E-state index contributed by atoms with van der Waals surface area (Å²) < 4.78 is 30.1. The first-order valence-electron chi connectivity index (χ1n) is 22.9. The minimum atomic E-state index is -0.562. The number of methoxy groups -OCH3 is 6. The van der Waals surface area contributed by atoms with Crippen LogP contribution >= 0.6 is 15.9 Å². The van der Waals surface area contributed by atoms with Crippen LogP contribution in [0.1, 0.15) is 41.4 Å². The van der Waals surface area contributed by atoms with Crippen molar-refractivity contribution in [3.8, 4) is 0 Å². The minimum Gasteiger partial charge on any atom is -0.465 e. The molecule has 0 aliphatic carbocycles. The summed E-state index contributed by atoms with van der Waals surface area (Å²) in [5, 5.41) is 12.0. The highest BCUT2D eigenvalue weighted by atomic mass is 79.9. The Morgan fingerprint density at radius 3 is 1.42 bits per heavy atom. The Kier molecular flexibility index (Phi) is 23.0. The number of hydroxylamine groups is 1. The fourth-order valence-electron chi connectivity index (χ4n) is 6.92. The van der Waals surface area contributed by atoms with Crippen LogP contribution in [0.25, 0.3) is 22.1 Å². The van der Waals surface area contributed by atoms with Gasteiger partial charge >= 0.3 is 17.9 Å². The third-order valence-corrected chi connectivity index (χ3v) is 11.1. The first kappa shape index (κ1) is 56.8. The number of ether oxygens (including phenoxy) is 6. The number of imidazole rings is 2. The largest absolute Gasteiger partial charge is 0.465 e. The molecule has 2 aromatic heterocycles. The lowest BCUT2D eigenvalue weighted by Crippen LogP contribution is -2.24. The number of hydrogen-bond donors (Lipinski definition) is 5. The van der Waals surface area contributed by atoms with Crippen LogP contribution in [0.15, 0.2) is 150 Å². The second kappa shape index (κ2) is 30.0. The van der Waals surface area contributed by atoms with Crippen LogP contribution < -0.4 is 20.6 Å². The lowest BCUT2D eigenvalue weighted by molar-refractivity contribution is 0.0592. The Labute approximate surface area is 436 Å². The van der Waals surface area contributed by atoms with Gasteiger partial charge in [-0.15, -0.1) is 0 Å².